The third kappa shape index (κ3) is 6.03. The van der Waals surface area contributed by atoms with Gasteiger partial charge in [0.2, 0.25) is 15.9 Å². The van der Waals surface area contributed by atoms with Crippen LogP contribution in [0.1, 0.15) is 5.56 Å². The van der Waals surface area contributed by atoms with Crippen molar-refractivity contribution in [3.63, 3.8) is 0 Å². The van der Waals surface area contributed by atoms with Crippen LogP contribution in [-0.4, -0.2) is 47.4 Å². The Balaban J connectivity index is 1.94. The molecule has 9 heteroatoms. The molecule has 2 aromatic rings. The van der Waals surface area contributed by atoms with Gasteiger partial charge in [-0.3, -0.25) is 9.10 Å². The van der Waals surface area contributed by atoms with Gasteiger partial charge < -0.3 is 14.8 Å². The van der Waals surface area contributed by atoms with Crippen molar-refractivity contribution in [3.05, 3.63) is 53.1 Å². The van der Waals surface area contributed by atoms with E-state index in [9.17, 15) is 13.2 Å². The topological polar surface area (TPSA) is 84.9 Å². The number of nitrogens with zero attached hydrogens (tertiary/aromatic N) is 1. The van der Waals surface area contributed by atoms with Gasteiger partial charge in [0.15, 0.2) is 0 Å². The SMILES string of the molecule is COc1ccccc1N(CC(=O)NCCOc1ccc(C)c(Cl)c1)S(C)(=O)=O. The van der Waals surface area contributed by atoms with Crippen molar-refractivity contribution in [2.24, 2.45) is 0 Å². The standard InChI is InChI=1S/C19H23ClN2O5S/c1-14-8-9-15(12-16(14)20)27-11-10-21-19(23)13-22(28(3,24)25)17-6-4-5-7-18(17)26-2/h4-9,12H,10-11,13H2,1-3H3,(H,21,23). The Morgan fingerprint density at radius 3 is 2.57 bits per heavy atom. The predicted octanol–water partition coefficient (Wildman–Crippen LogP) is 2.62. The van der Waals surface area contributed by atoms with Crippen molar-refractivity contribution in [1.82, 2.24) is 5.32 Å². The van der Waals surface area contributed by atoms with Crippen molar-refractivity contribution in [2.75, 3.05) is 37.4 Å². The van der Waals surface area contributed by atoms with E-state index in [1.54, 1.807) is 36.4 Å². The zero-order valence-electron chi connectivity index (χ0n) is 15.9. The Morgan fingerprint density at radius 1 is 1.21 bits per heavy atom. The molecule has 0 atom stereocenters. The molecule has 0 spiro atoms. The minimum absolute atomic E-state index is 0.216. The van der Waals surface area contributed by atoms with Crippen LogP contribution in [0.2, 0.25) is 5.02 Å². The van der Waals surface area contributed by atoms with Crippen LogP contribution in [0, 0.1) is 6.92 Å². The second-order valence-corrected chi connectivity index (χ2v) is 8.36. The van der Waals surface area contributed by atoms with E-state index >= 15 is 0 Å². The van der Waals surface area contributed by atoms with Crippen LogP contribution in [-0.2, 0) is 14.8 Å². The molecule has 0 aromatic heterocycles. The summed E-state index contributed by atoms with van der Waals surface area (Å²) in [5.41, 5.74) is 1.24. The summed E-state index contributed by atoms with van der Waals surface area (Å²) in [6.07, 6.45) is 1.04. The largest absolute Gasteiger partial charge is 0.495 e. The van der Waals surface area contributed by atoms with Gasteiger partial charge >= 0.3 is 0 Å². The number of methoxy groups -OCH3 is 1. The fourth-order valence-corrected chi connectivity index (χ4v) is 3.46. The Morgan fingerprint density at radius 2 is 1.93 bits per heavy atom. The molecule has 0 aliphatic carbocycles. The minimum atomic E-state index is -3.68. The number of carbonyl (C=O) groups excluding carboxylic acids is 1. The fraction of sp³-hybridized carbons (Fsp3) is 0.316. The molecule has 7 nitrogen and oxygen atoms in total. The van der Waals surface area contributed by atoms with Gasteiger partial charge in [0.1, 0.15) is 24.7 Å². The molecule has 0 heterocycles. The van der Waals surface area contributed by atoms with E-state index < -0.39 is 15.9 Å². The number of rotatable bonds is 9. The lowest BCUT2D eigenvalue weighted by Crippen LogP contribution is -2.41. The molecule has 0 fully saturated rings. The first-order chi connectivity index (χ1) is 13.2. The molecule has 0 unspecified atom stereocenters. The Labute approximate surface area is 170 Å². The average Bonchev–Trinajstić information content (AvgIpc) is 2.65. The third-order valence-electron chi connectivity index (χ3n) is 3.88. The van der Waals surface area contributed by atoms with E-state index in [4.69, 9.17) is 21.1 Å². The number of hydrogen-bond donors (Lipinski definition) is 1. The molecule has 1 amide bonds. The number of sulfonamides is 1. The van der Waals surface area contributed by atoms with Crippen LogP contribution >= 0.6 is 11.6 Å². The summed E-state index contributed by atoms with van der Waals surface area (Å²) in [5, 5.41) is 3.24. The van der Waals surface area contributed by atoms with Crippen molar-refractivity contribution in [2.45, 2.75) is 6.92 Å². The minimum Gasteiger partial charge on any atom is -0.495 e. The van der Waals surface area contributed by atoms with E-state index in [0.29, 0.717) is 22.2 Å². The van der Waals surface area contributed by atoms with Gasteiger partial charge in [-0.2, -0.15) is 0 Å². The summed E-state index contributed by atoms with van der Waals surface area (Å²) in [7, 11) is -2.24. The lowest BCUT2D eigenvalue weighted by atomic mass is 10.2. The van der Waals surface area contributed by atoms with Gasteiger partial charge in [-0.25, -0.2) is 8.42 Å². The highest BCUT2D eigenvalue weighted by atomic mass is 35.5. The first kappa shape index (κ1) is 21.8. The highest BCUT2D eigenvalue weighted by Gasteiger charge is 2.23. The van der Waals surface area contributed by atoms with Crippen LogP contribution in [0.4, 0.5) is 5.69 Å². The maximum Gasteiger partial charge on any atom is 0.240 e. The van der Waals surface area contributed by atoms with Crippen LogP contribution in [0.3, 0.4) is 0 Å². The normalized spacial score (nSPS) is 11.0. The highest BCUT2D eigenvalue weighted by Crippen LogP contribution is 2.29. The molecule has 2 rings (SSSR count). The first-order valence-corrected chi connectivity index (χ1v) is 10.7. The quantitative estimate of drug-likeness (QED) is 0.623. The van der Waals surface area contributed by atoms with Gasteiger partial charge in [0, 0.05) is 5.02 Å². The second kappa shape index (κ2) is 9.66. The number of nitrogens with one attached hydrogen (secondary N) is 1. The summed E-state index contributed by atoms with van der Waals surface area (Å²) < 4.78 is 36.1. The van der Waals surface area contributed by atoms with E-state index in [1.165, 1.54) is 7.11 Å². The van der Waals surface area contributed by atoms with Gasteiger partial charge in [-0.15, -0.1) is 0 Å². The van der Waals surface area contributed by atoms with Crippen molar-refractivity contribution >= 4 is 33.2 Å². The van der Waals surface area contributed by atoms with E-state index in [2.05, 4.69) is 5.32 Å². The van der Waals surface area contributed by atoms with Crippen LogP contribution in [0.5, 0.6) is 11.5 Å². The smallest absolute Gasteiger partial charge is 0.240 e. The molecule has 0 saturated heterocycles. The van der Waals surface area contributed by atoms with E-state index in [0.717, 1.165) is 16.1 Å². The molecule has 1 N–H and O–H groups in total. The van der Waals surface area contributed by atoms with Crippen LogP contribution in [0.25, 0.3) is 0 Å². The van der Waals surface area contributed by atoms with Gasteiger partial charge in [0.25, 0.3) is 0 Å². The Hall–Kier alpha value is -2.45. The molecule has 152 valence electrons. The maximum atomic E-state index is 12.2. The number of carbonyl (C=O) groups is 1. The maximum absolute atomic E-state index is 12.2. The number of ether oxygens (including phenoxy) is 2. The number of amides is 1. The summed E-state index contributed by atoms with van der Waals surface area (Å²) in [6.45, 7) is 1.96. The zero-order valence-corrected chi connectivity index (χ0v) is 17.5. The number of para-hydroxylation sites is 2. The van der Waals surface area contributed by atoms with Gasteiger partial charge in [0.05, 0.1) is 25.6 Å². The van der Waals surface area contributed by atoms with E-state index in [-0.39, 0.29) is 19.7 Å². The predicted molar refractivity (Wildman–Crippen MR) is 110 cm³/mol. The first-order valence-electron chi connectivity index (χ1n) is 8.48. The summed E-state index contributed by atoms with van der Waals surface area (Å²) >= 11 is 6.04. The lowest BCUT2D eigenvalue weighted by Gasteiger charge is -2.23. The zero-order chi connectivity index (χ0) is 20.7. The summed E-state index contributed by atoms with van der Waals surface area (Å²) in [5.74, 6) is 0.499. The number of halogens is 1. The number of hydrogen-bond acceptors (Lipinski definition) is 5. The average molecular weight is 427 g/mol. The summed E-state index contributed by atoms with van der Waals surface area (Å²) in [6, 6.07) is 11.9. The number of benzene rings is 2. The summed E-state index contributed by atoms with van der Waals surface area (Å²) in [4.78, 5) is 12.2. The molecular weight excluding hydrogens is 404 g/mol. The highest BCUT2D eigenvalue weighted by molar-refractivity contribution is 7.92. The Bertz CT molecular complexity index is 934. The van der Waals surface area contributed by atoms with Crippen molar-refractivity contribution in [1.29, 1.82) is 0 Å². The van der Waals surface area contributed by atoms with Crippen molar-refractivity contribution in [3.8, 4) is 11.5 Å². The molecule has 0 aliphatic heterocycles. The van der Waals surface area contributed by atoms with Crippen molar-refractivity contribution < 1.29 is 22.7 Å². The number of anilines is 1. The third-order valence-corrected chi connectivity index (χ3v) is 5.41. The van der Waals surface area contributed by atoms with E-state index in [1.807, 2.05) is 13.0 Å². The monoisotopic (exact) mass is 426 g/mol. The van der Waals surface area contributed by atoms with Crippen LogP contribution < -0.4 is 19.1 Å². The molecule has 0 aliphatic rings. The molecule has 28 heavy (non-hydrogen) atoms. The molecule has 0 bridgehead atoms. The molecular formula is C19H23ClN2O5S. The van der Waals surface area contributed by atoms with Gasteiger partial charge in [-0.05, 0) is 36.8 Å². The fourth-order valence-electron chi connectivity index (χ4n) is 2.43. The van der Waals surface area contributed by atoms with Gasteiger partial charge in [-0.1, -0.05) is 29.8 Å². The molecule has 2 aromatic carbocycles. The lowest BCUT2D eigenvalue weighted by molar-refractivity contribution is -0.119. The van der Waals surface area contributed by atoms with Crippen LogP contribution in [0.15, 0.2) is 42.5 Å². The molecule has 0 saturated carbocycles. The second-order valence-electron chi connectivity index (χ2n) is 6.05. The number of aryl methyl sites for hydroxylation is 1. The Kier molecular flexibility index (Phi) is 7.53. The molecule has 0 radical (unpaired) electrons.